The third kappa shape index (κ3) is 5.74. The van der Waals surface area contributed by atoms with E-state index < -0.39 is 0 Å². The van der Waals surface area contributed by atoms with Crippen molar-refractivity contribution in [2.24, 2.45) is 0 Å². The van der Waals surface area contributed by atoms with E-state index in [-0.39, 0.29) is 24.8 Å². The molecule has 1 aromatic heterocycles. The number of nitrogens with zero attached hydrogens (tertiary/aromatic N) is 2. The zero-order chi connectivity index (χ0) is 20.8. The fourth-order valence-corrected chi connectivity index (χ4v) is 4.13. The Morgan fingerprint density at radius 1 is 1.28 bits per heavy atom. The lowest BCUT2D eigenvalue weighted by molar-refractivity contribution is -0.123. The van der Waals surface area contributed by atoms with Crippen molar-refractivity contribution in [2.45, 2.75) is 32.7 Å². The highest BCUT2D eigenvalue weighted by atomic mass is 32.2. The van der Waals surface area contributed by atoms with Crippen LogP contribution in [-0.4, -0.2) is 32.6 Å². The van der Waals surface area contributed by atoms with E-state index in [1.54, 1.807) is 12.4 Å². The van der Waals surface area contributed by atoms with Gasteiger partial charge in [-0.3, -0.25) is 19.5 Å². The van der Waals surface area contributed by atoms with Crippen LogP contribution >= 0.6 is 24.0 Å². The Kier molecular flexibility index (Phi) is 7.17. The average Bonchev–Trinajstić information content (AvgIpc) is 2.98. The van der Waals surface area contributed by atoms with E-state index in [9.17, 15) is 9.59 Å². The van der Waals surface area contributed by atoms with Crippen LogP contribution in [0.3, 0.4) is 0 Å². The molecular formula is C22H23N3O2S2. The summed E-state index contributed by atoms with van der Waals surface area (Å²) in [6.45, 7) is 4.98. The van der Waals surface area contributed by atoms with Gasteiger partial charge < -0.3 is 5.32 Å². The summed E-state index contributed by atoms with van der Waals surface area (Å²) < 4.78 is 0.486. The van der Waals surface area contributed by atoms with Crippen LogP contribution in [0.25, 0.3) is 6.08 Å². The monoisotopic (exact) mass is 425 g/mol. The Morgan fingerprint density at radius 2 is 2.03 bits per heavy atom. The van der Waals surface area contributed by atoms with Gasteiger partial charge in [0.15, 0.2) is 0 Å². The smallest absolute Gasteiger partial charge is 0.266 e. The van der Waals surface area contributed by atoms with Gasteiger partial charge in [-0.15, -0.1) is 0 Å². The molecule has 0 spiro atoms. The van der Waals surface area contributed by atoms with Crippen molar-refractivity contribution in [3.05, 3.63) is 70.4 Å². The molecule has 2 aromatic rings. The van der Waals surface area contributed by atoms with E-state index in [1.165, 1.54) is 22.2 Å². The molecule has 2 heterocycles. The minimum Gasteiger partial charge on any atom is -0.352 e. The van der Waals surface area contributed by atoms with Crippen LogP contribution in [0.15, 0.2) is 53.7 Å². The first-order valence-electron chi connectivity index (χ1n) is 9.45. The molecule has 0 aliphatic carbocycles. The van der Waals surface area contributed by atoms with Crippen molar-refractivity contribution < 1.29 is 9.59 Å². The van der Waals surface area contributed by atoms with Gasteiger partial charge >= 0.3 is 0 Å². The van der Waals surface area contributed by atoms with Gasteiger partial charge in [0.25, 0.3) is 5.91 Å². The van der Waals surface area contributed by atoms with Gasteiger partial charge in [-0.2, -0.15) is 0 Å². The highest BCUT2D eigenvalue weighted by Crippen LogP contribution is 2.32. The summed E-state index contributed by atoms with van der Waals surface area (Å²) in [7, 11) is 0. The minimum absolute atomic E-state index is 0.129. The number of pyridine rings is 1. The molecule has 1 saturated heterocycles. The fraction of sp³-hybridized carbons (Fsp3) is 0.273. The third-order valence-corrected chi connectivity index (χ3v) is 5.93. The molecule has 29 heavy (non-hydrogen) atoms. The van der Waals surface area contributed by atoms with E-state index in [1.807, 2.05) is 30.3 Å². The molecule has 1 aromatic carbocycles. The first kappa shape index (κ1) is 21.2. The maximum atomic E-state index is 12.7. The molecule has 1 fully saturated rings. The predicted octanol–water partition coefficient (Wildman–Crippen LogP) is 4.11. The van der Waals surface area contributed by atoms with E-state index in [4.69, 9.17) is 12.2 Å². The highest BCUT2D eigenvalue weighted by molar-refractivity contribution is 8.26. The third-order valence-electron chi connectivity index (χ3n) is 4.55. The van der Waals surface area contributed by atoms with Crippen molar-refractivity contribution in [2.75, 3.05) is 6.54 Å². The SMILES string of the molecule is CC(C)c1ccc(C=C2SC(=S)N(CCC(=O)NCc3cccnc3)C2=O)cc1. The van der Waals surface area contributed by atoms with Crippen molar-refractivity contribution in [1.29, 1.82) is 0 Å². The number of carbonyl (C=O) groups excluding carboxylic acids is 2. The molecule has 7 heteroatoms. The van der Waals surface area contributed by atoms with Gasteiger partial charge in [0.1, 0.15) is 4.32 Å². The van der Waals surface area contributed by atoms with Crippen LogP contribution < -0.4 is 5.32 Å². The van der Waals surface area contributed by atoms with E-state index in [0.717, 1.165) is 11.1 Å². The number of thioether (sulfide) groups is 1. The zero-order valence-electron chi connectivity index (χ0n) is 16.4. The molecule has 5 nitrogen and oxygen atoms in total. The van der Waals surface area contributed by atoms with Gasteiger partial charge in [-0.25, -0.2) is 0 Å². The lowest BCUT2D eigenvalue weighted by Crippen LogP contribution is -2.33. The Balaban J connectivity index is 1.55. The molecule has 1 aliphatic heterocycles. The summed E-state index contributed by atoms with van der Waals surface area (Å²) in [5.74, 6) is 0.190. The Bertz CT molecular complexity index is 925. The molecule has 0 unspecified atom stereocenters. The topological polar surface area (TPSA) is 62.3 Å². The quantitative estimate of drug-likeness (QED) is 0.534. The Morgan fingerprint density at radius 3 is 2.69 bits per heavy atom. The number of hydrogen-bond donors (Lipinski definition) is 1. The first-order valence-corrected chi connectivity index (χ1v) is 10.7. The van der Waals surface area contributed by atoms with Crippen LogP contribution in [-0.2, 0) is 16.1 Å². The fourth-order valence-electron chi connectivity index (χ4n) is 2.83. The van der Waals surface area contributed by atoms with Gasteiger partial charge in [0.2, 0.25) is 5.91 Å². The van der Waals surface area contributed by atoms with Gasteiger partial charge in [0, 0.05) is 31.9 Å². The zero-order valence-corrected chi connectivity index (χ0v) is 18.1. The first-order chi connectivity index (χ1) is 13.9. The molecule has 1 aliphatic rings. The molecule has 3 rings (SSSR count). The number of benzene rings is 1. The van der Waals surface area contributed by atoms with Crippen LogP contribution in [0.1, 0.15) is 42.9 Å². The van der Waals surface area contributed by atoms with E-state index in [0.29, 0.717) is 21.7 Å². The maximum Gasteiger partial charge on any atom is 0.266 e. The number of nitrogens with one attached hydrogen (secondary N) is 1. The molecule has 1 N–H and O–H groups in total. The second kappa shape index (κ2) is 9.80. The molecule has 0 bridgehead atoms. The van der Waals surface area contributed by atoms with Crippen LogP contribution in [0.4, 0.5) is 0 Å². The minimum atomic E-state index is -0.145. The standard InChI is InChI=1S/C22H23N3O2S2/c1-15(2)18-7-5-16(6-8-18)12-19-21(27)25(22(28)29-19)11-9-20(26)24-14-17-4-3-10-23-13-17/h3-8,10,12-13,15H,9,11,14H2,1-2H3,(H,24,26). The second-order valence-corrected chi connectivity index (χ2v) is 8.72. The van der Waals surface area contributed by atoms with E-state index >= 15 is 0 Å². The molecule has 0 radical (unpaired) electrons. The summed E-state index contributed by atoms with van der Waals surface area (Å²) in [6.07, 6.45) is 5.45. The van der Waals surface area contributed by atoms with Crippen molar-refractivity contribution in [1.82, 2.24) is 15.2 Å². The molecule has 150 valence electrons. The summed E-state index contributed by atoms with van der Waals surface area (Å²) in [4.78, 5) is 30.9. The van der Waals surface area contributed by atoms with Crippen LogP contribution in [0, 0.1) is 0 Å². The van der Waals surface area contributed by atoms with Crippen molar-refractivity contribution in [3.8, 4) is 0 Å². The number of thiocarbonyl (C=S) groups is 1. The van der Waals surface area contributed by atoms with Crippen molar-refractivity contribution in [3.63, 3.8) is 0 Å². The molecule has 2 amide bonds. The number of carbonyl (C=O) groups is 2. The van der Waals surface area contributed by atoms with Crippen LogP contribution in [0.2, 0.25) is 0 Å². The summed E-state index contributed by atoms with van der Waals surface area (Å²) in [5, 5.41) is 2.84. The van der Waals surface area contributed by atoms with Crippen molar-refractivity contribution >= 4 is 46.2 Å². The van der Waals surface area contributed by atoms with Gasteiger partial charge in [0.05, 0.1) is 4.91 Å². The Hall–Kier alpha value is -2.51. The van der Waals surface area contributed by atoms with Gasteiger partial charge in [-0.05, 0) is 34.8 Å². The number of hydrogen-bond acceptors (Lipinski definition) is 5. The summed E-state index contributed by atoms with van der Waals surface area (Å²) >= 11 is 6.62. The van der Waals surface area contributed by atoms with E-state index in [2.05, 4.69) is 36.3 Å². The molecule has 0 saturated carbocycles. The van der Waals surface area contributed by atoms with Gasteiger partial charge in [-0.1, -0.05) is 68.2 Å². The normalized spacial score (nSPS) is 15.4. The predicted molar refractivity (Wildman–Crippen MR) is 121 cm³/mol. The number of rotatable bonds is 7. The Labute approximate surface area is 180 Å². The second-order valence-electron chi connectivity index (χ2n) is 7.04. The molecular weight excluding hydrogens is 402 g/mol. The number of amides is 2. The number of aromatic nitrogens is 1. The summed E-state index contributed by atoms with van der Waals surface area (Å²) in [5.41, 5.74) is 3.15. The lowest BCUT2D eigenvalue weighted by atomic mass is 10.0. The largest absolute Gasteiger partial charge is 0.352 e. The average molecular weight is 426 g/mol. The summed E-state index contributed by atoms with van der Waals surface area (Å²) in [6, 6.07) is 11.9. The molecule has 0 atom stereocenters. The lowest BCUT2D eigenvalue weighted by Gasteiger charge is -2.14. The van der Waals surface area contributed by atoms with Crippen LogP contribution in [0.5, 0.6) is 0 Å². The highest BCUT2D eigenvalue weighted by Gasteiger charge is 2.32. The maximum absolute atomic E-state index is 12.7.